The van der Waals surface area contributed by atoms with Gasteiger partial charge in [0, 0.05) is 11.5 Å². The van der Waals surface area contributed by atoms with Crippen LogP contribution in [0.5, 0.6) is 0 Å². The highest BCUT2D eigenvalue weighted by atomic mass is 32.3. The summed E-state index contributed by atoms with van der Waals surface area (Å²) in [7, 11) is -4.30. The van der Waals surface area contributed by atoms with Gasteiger partial charge in [-0.3, -0.25) is 0 Å². The van der Waals surface area contributed by atoms with Gasteiger partial charge in [0.05, 0.1) is 5.75 Å². The van der Waals surface area contributed by atoms with Crippen molar-refractivity contribution < 1.29 is 12.3 Å². The van der Waals surface area contributed by atoms with Gasteiger partial charge in [-0.2, -0.15) is 20.2 Å². The molecule has 17 heavy (non-hydrogen) atoms. The van der Waals surface area contributed by atoms with Crippen LogP contribution in [0.2, 0.25) is 0 Å². The smallest absolute Gasteiger partial charge is 0.195 e. The predicted octanol–water partition coefficient (Wildman–Crippen LogP) is 3.71. The lowest BCUT2D eigenvalue weighted by atomic mass is 10.1. The van der Waals surface area contributed by atoms with Crippen LogP contribution in [0.25, 0.3) is 0 Å². The number of hydrogen-bond donors (Lipinski definition) is 0. The van der Waals surface area contributed by atoms with E-state index in [9.17, 15) is 12.3 Å². The third kappa shape index (κ3) is 13.6. The van der Waals surface area contributed by atoms with E-state index < -0.39 is 10.2 Å². The minimum Gasteiger partial charge on any atom is -0.195 e. The first-order valence-corrected chi connectivity index (χ1v) is 8.31. The second kappa shape index (κ2) is 8.75. The molecule has 0 radical (unpaired) electrons. The normalized spacial score (nSPS) is 12.6. The first-order chi connectivity index (χ1) is 7.81. The maximum absolute atomic E-state index is 12.2. The molecule has 0 aliphatic heterocycles. The molecule has 0 amide bonds. The van der Waals surface area contributed by atoms with Crippen molar-refractivity contribution in [3.8, 4) is 0 Å². The highest BCUT2D eigenvalue weighted by Crippen LogP contribution is 2.10. The largest absolute Gasteiger partial charge is 0.303 e. The van der Waals surface area contributed by atoms with Crippen LogP contribution in [0, 0.1) is 0 Å². The molecule has 0 N–H and O–H groups in total. The summed E-state index contributed by atoms with van der Waals surface area (Å²) in [5, 5.41) is 0. The van der Waals surface area contributed by atoms with Crippen LogP contribution in [0.15, 0.2) is 23.3 Å². The topological polar surface area (TPSA) is 34.1 Å². The SMILES string of the molecule is CC(C)=CCC/C(C)=C/CSCCS(=O)(=O)F. The number of hydrogen-bond acceptors (Lipinski definition) is 3. The van der Waals surface area contributed by atoms with Crippen LogP contribution in [-0.4, -0.2) is 25.7 Å². The van der Waals surface area contributed by atoms with Crippen molar-refractivity contribution in [3.05, 3.63) is 23.3 Å². The number of thioether (sulfide) groups is 1. The summed E-state index contributed by atoms with van der Waals surface area (Å²) < 4.78 is 32.6. The van der Waals surface area contributed by atoms with E-state index in [1.807, 2.05) is 0 Å². The predicted molar refractivity (Wildman–Crippen MR) is 74.6 cm³/mol. The van der Waals surface area contributed by atoms with Gasteiger partial charge in [0.2, 0.25) is 0 Å². The average molecular weight is 280 g/mol. The Morgan fingerprint density at radius 3 is 2.41 bits per heavy atom. The second-order valence-electron chi connectivity index (χ2n) is 4.19. The Bertz CT molecular complexity index is 366. The summed E-state index contributed by atoms with van der Waals surface area (Å²) in [6.45, 7) is 6.21. The maximum atomic E-state index is 12.2. The van der Waals surface area contributed by atoms with E-state index >= 15 is 0 Å². The van der Waals surface area contributed by atoms with Gasteiger partial charge in [-0.25, -0.2) is 0 Å². The quantitative estimate of drug-likeness (QED) is 0.386. The van der Waals surface area contributed by atoms with Crippen LogP contribution in [0.3, 0.4) is 0 Å². The fraction of sp³-hybridized carbons (Fsp3) is 0.667. The van der Waals surface area contributed by atoms with Crippen molar-refractivity contribution in [3.63, 3.8) is 0 Å². The molecular weight excluding hydrogens is 259 g/mol. The third-order valence-electron chi connectivity index (χ3n) is 2.11. The van der Waals surface area contributed by atoms with E-state index in [2.05, 4.69) is 32.9 Å². The van der Waals surface area contributed by atoms with Crippen molar-refractivity contribution in [2.45, 2.75) is 33.6 Å². The summed E-state index contributed by atoms with van der Waals surface area (Å²) in [6, 6.07) is 0. The molecular formula is C12H21FO2S2. The zero-order valence-corrected chi connectivity index (χ0v) is 12.3. The van der Waals surface area contributed by atoms with Gasteiger partial charge in [0.1, 0.15) is 0 Å². The first kappa shape index (κ1) is 16.7. The van der Waals surface area contributed by atoms with Gasteiger partial charge in [-0.05, 0) is 33.6 Å². The number of allylic oxidation sites excluding steroid dienone is 3. The Morgan fingerprint density at radius 2 is 1.88 bits per heavy atom. The Hall–Kier alpha value is -0.290. The first-order valence-electron chi connectivity index (χ1n) is 5.60. The van der Waals surface area contributed by atoms with E-state index in [1.165, 1.54) is 22.9 Å². The second-order valence-corrected chi connectivity index (χ2v) is 6.82. The van der Waals surface area contributed by atoms with Crippen LogP contribution in [0.1, 0.15) is 33.6 Å². The maximum Gasteiger partial charge on any atom is 0.303 e. The molecule has 0 saturated heterocycles. The number of halogens is 1. The molecule has 0 atom stereocenters. The molecule has 0 aliphatic rings. The van der Waals surface area contributed by atoms with Crippen molar-refractivity contribution in [2.24, 2.45) is 0 Å². The summed E-state index contributed by atoms with van der Waals surface area (Å²) in [5.74, 6) is 0.676. The lowest BCUT2D eigenvalue weighted by Crippen LogP contribution is -2.01. The third-order valence-corrected chi connectivity index (χ3v) is 3.96. The minimum atomic E-state index is -4.30. The van der Waals surface area contributed by atoms with E-state index in [-0.39, 0.29) is 5.75 Å². The molecule has 0 fully saturated rings. The van der Waals surface area contributed by atoms with E-state index in [0.29, 0.717) is 5.75 Å². The van der Waals surface area contributed by atoms with Crippen LogP contribution in [0.4, 0.5) is 3.89 Å². The Labute approximate surface area is 109 Å². The molecule has 0 aromatic carbocycles. The molecule has 0 rings (SSSR count). The van der Waals surface area contributed by atoms with Gasteiger partial charge in [0.15, 0.2) is 0 Å². The van der Waals surface area contributed by atoms with Crippen LogP contribution < -0.4 is 0 Å². The standard InChI is InChI=1S/C12H21FO2S2/c1-11(2)5-4-6-12(3)7-8-16-9-10-17(13,14)15/h5,7H,4,6,8-10H2,1-3H3/b12-7+. The molecule has 0 aliphatic carbocycles. The van der Waals surface area contributed by atoms with E-state index in [0.717, 1.165) is 18.6 Å². The molecule has 2 nitrogen and oxygen atoms in total. The summed E-state index contributed by atoms with van der Waals surface area (Å²) in [6.07, 6.45) is 6.33. The molecule has 0 aromatic rings. The van der Waals surface area contributed by atoms with Gasteiger partial charge >= 0.3 is 10.2 Å². The zero-order chi connectivity index (χ0) is 13.3. The lowest BCUT2D eigenvalue weighted by molar-refractivity contribution is 0.554. The highest BCUT2D eigenvalue weighted by Gasteiger charge is 2.05. The van der Waals surface area contributed by atoms with Crippen LogP contribution in [-0.2, 0) is 10.2 Å². The van der Waals surface area contributed by atoms with E-state index in [1.54, 1.807) is 0 Å². The van der Waals surface area contributed by atoms with Gasteiger partial charge < -0.3 is 0 Å². The Morgan fingerprint density at radius 1 is 1.24 bits per heavy atom. The molecule has 100 valence electrons. The summed E-state index contributed by atoms with van der Waals surface area (Å²) in [4.78, 5) is 0. The fourth-order valence-corrected chi connectivity index (χ4v) is 2.97. The minimum absolute atomic E-state index is 0.316. The molecule has 0 aromatic heterocycles. The monoisotopic (exact) mass is 280 g/mol. The molecule has 0 spiro atoms. The molecule has 5 heteroatoms. The Kier molecular flexibility index (Phi) is 8.60. The highest BCUT2D eigenvalue weighted by molar-refractivity contribution is 8.00. The lowest BCUT2D eigenvalue weighted by Gasteiger charge is -1.99. The fourth-order valence-electron chi connectivity index (χ4n) is 1.13. The van der Waals surface area contributed by atoms with Crippen molar-refractivity contribution >= 4 is 22.0 Å². The van der Waals surface area contributed by atoms with Gasteiger partial charge in [-0.15, -0.1) is 3.89 Å². The van der Waals surface area contributed by atoms with E-state index in [4.69, 9.17) is 0 Å². The number of rotatable bonds is 8. The molecule has 0 unspecified atom stereocenters. The molecule has 0 bridgehead atoms. The van der Waals surface area contributed by atoms with Gasteiger partial charge in [0.25, 0.3) is 0 Å². The summed E-state index contributed by atoms with van der Waals surface area (Å²) in [5.41, 5.74) is 2.61. The Balaban J connectivity index is 3.67. The summed E-state index contributed by atoms with van der Waals surface area (Å²) >= 11 is 1.44. The molecule has 0 heterocycles. The van der Waals surface area contributed by atoms with Crippen molar-refractivity contribution in [1.82, 2.24) is 0 Å². The zero-order valence-electron chi connectivity index (χ0n) is 10.7. The average Bonchev–Trinajstić information content (AvgIpc) is 2.14. The van der Waals surface area contributed by atoms with Gasteiger partial charge in [-0.1, -0.05) is 23.3 Å². The van der Waals surface area contributed by atoms with Crippen molar-refractivity contribution in [1.29, 1.82) is 0 Å². The van der Waals surface area contributed by atoms with Crippen LogP contribution >= 0.6 is 11.8 Å². The molecule has 0 saturated carbocycles. The van der Waals surface area contributed by atoms with Crippen molar-refractivity contribution in [2.75, 3.05) is 17.3 Å².